The van der Waals surface area contributed by atoms with E-state index in [-0.39, 0.29) is 12.3 Å². The first kappa shape index (κ1) is 22.2. The van der Waals surface area contributed by atoms with Crippen LogP contribution in [0.25, 0.3) is 0 Å². The summed E-state index contributed by atoms with van der Waals surface area (Å²) < 4.78 is 5.28. The normalized spacial score (nSPS) is 16.3. The van der Waals surface area contributed by atoms with Gasteiger partial charge in [-0.25, -0.2) is 0 Å². The van der Waals surface area contributed by atoms with Crippen LogP contribution in [0.15, 0.2) is 35.2 Å². The quantitative estimate of drug-likeness (QED) is 0.653. The third-order valence-electron chi connectivity index (χ3n) is 4.72. The lowest BCUT2D eigenvalue weighted by atomic mass is 10.0. The average molecular weight is 447 g/mol. The average Bonchev–Trinajstić information content (AvgIpc) is 2.65. The minimum Gasteiger partial charge on any atom is -0.452 e. The van der Waals surface area contributed by atoms with Crippen molar-refractivity contribution >= 4 is 52.5 Å². The largest absolute Gasteiger partial charge is 0.452 e. The Labute approximate surface area is 184 Å². The number of thioether (sulfide) groups is 1. The molecule has 0 bridgehead atoms. The van der Waals surface area contributed by atoms with E-state index in [1.54, 1.807) is 18.2 Å². The van der Waals surface area contributed by atoms with Crippen LogP contribution in [-0.4, -0.2) is 29.1 Å². The van der Waals surface area contributed by atoms with Gasteiger partial charge in [0.25, 0.3) is 5.91 Å². The molecular formula is C22H23ClN2O4S. The monoisotopic (exact) mass is 446 g/mol. The first-order valence-electron chi connectivity index (χ1n) is 9.49. The highest BCUT2D eigenvalue weighted by Crippen LogP contribution is 2.38. The van der Waals surface area contributed by atoms with Crippen molar-refractivity contribution in [3.63, 3.8) is 0 Å². The molecule has 0 radical (unpaired) electrons. The summed E-state index contributed by atoms with van der Waals surface area (Å²) in [5.41, 5.74) is 4.32. The number of ether oxygens (including phenoxy) is 1. The first-order chi connectivity index (χ1) is 14.1. The standard InChI is InChI=1S/C22H23ClN2O4S/c1-11-7-12(2)20(13(3)8-11)25-21(27)14(4)29-19(26)10-18-22(28)24-16-9-15(23)5-6-17(16)30-18/h5-9,14,18H,10H2,1-4H3,(H,24,28)(H,25,27)/t14-,18-/m1/s1. The smallest absolute Gasteiger partial charge is 0.308 e. The third-order valence-corrected chi connectivity index (χ3v) is 6.23. The molecular weight excluding hydrogens is 424 g/mol. The Morgan fingerprint density at radius 3 is 2.53 bits per heavy atom. The van der Waals surface area contributed by atoms with Crippen LogP contribution in [0.4, 0.5) is 11.4 Å². The fourth-order valence-electron chi connectivity index (χ4n) is 3.31. The molecule has 2 amide bonds. The Balaban J connectivity index is 1.59. The van der Waals surface area contributed by atoms with Crippen molar-refractivity contribution in [3.8, 4) is 0 Å². The van der Waals surface area contributed by atoms with Gasteiger partial charge in [-0.05, 0) is 57.0 Å². The Morgan fingerprint density at radius 2 is 1.87 bits per heavy atom. The van der Waals surface area contributed by atoms with Crippen molar-refractivity contribution in [2.24, 2.45) is 0 Å². The van der Waals surface area contributed by atoms with Gasteiger partial charge in [0.15, 0.2) is 6.10 Å². The topological polar surface area (TPSA) is 84.5 Å². The van der Waals surface area contributed by atoms with Crippen molar-refractivity contribution < 1.29 is 19.1 Å². The lowest BCUT2D eigenvalue weighted by Crippen LogP contribution is -2.34. The molecule has 2 aromatic rings. The summed E-state index contributed by atoms with van der Waals surface area (Å²) in [4.78, 5) is 38.0. The number of nitrogens with one attached hydrogen (secondary N) is 2. The number of fused-ring (bicyclic) bond motifs is 1. The van der Waals surface area contributed by atoms with Gasteiger partial charge < -0.3 is 15.4 Å². The number of benzene rings is 2. The summed E-state index contributed by atoms with van der Waals surface area (Å²) in [5.74, 6) is -1.33. The number of hydrogen-bond acceptors (Lipinski definition) is 5. The van der Waals surface area contributed by atoms with Crippen LogP contribution in [0, 0.1) is 20.8 Å². The van der Waals surface area contributed by atoms with E-state index in [2.05, 4.69) is 10.6 Å². The molecule has 6 nitrogen and oxygen atoms in total. The maximum Gasteiger partial charge on any atom is 0.308 e. The van der Waals surface area contributed by atoms with Crippen molar-refractivity contribution in [1.29, 1.82) is 0 Å². The van der Waals surface area contributed by atoms with Gasteiger partial charge in [0, 0.05) is 15.6 Å². The van der Waals surface area contributed by atoms with Crippen molar-refractivity contribution in [3.05, 3.63) is 52.0 Å². The SMILES string of the molecule is Cc1cc(C)c(NC(=O)[C@@H](C)OC(=O)C[C@H]2Sc3ccc(Cl)cc3NC2=O)c(C)c1. The highest BCUT2D eigenvalue weighted by molar-refractivity contribution is 8.01. The zero-order chi connectivity index (χ0) is 22.0. The minimum atomic E-state index is -0.986. The van der Waals surface area contributed by atoms with Gasteiger partial charge in [-0.1, -0.05) is 29.3 Å². The van der Waals surface area contributed by atoms with E-state index in [9.17, 15) is 14.4 Å². The molecule has 1 aliphatic rings. The van der Waals surface area contributed by atoms with Crippen LogP contribution in [0.1, 0.15) is 30.0 Å². The summed E-state index contributed by atoms with van der Waals surface area (Å²) in [7, 11) is 0. The molecule has 0 aromatic heterocycles. The van der Waals surface area contributed by atoms with Crippen LogP contribution >= 0.6 is 23.4 Å². The molecule has 30 heavy (non-hydrogen) atoms. The van der Waals surface area contributed by atoms with E-state index in [0.717, 1.165) is 21.6 Å². The predicted octanol–water partition coefficient (Wildman–Crippen LogP) is 4.64. The number of anilines is 2. The van der Waals surface area contributed by atoms with Gasteiger partial charge in [-0.2, -0.15) is 0 Å². The van der Waals surface area contributed by atoms with E-state index in [4.69, 9.17) is 16.3 Å². The molecule has 2 aromatic carbocycles. The third kappa shape index (κ3) is 5.15. The number of esters is 1. The Bertz CT molecular complexity index is 1000. The maximum atomic E-state index is 12.5. The van der Waals surface area contributed by atoms with Crippen LogP contribution in [0.3, 0.4) is 0 Å². The number of hydrogen-bond donors (Lipinski definition) is 2. The number of amides is 2. The fraction of sp³-hybridized carbons (Fsp3) is 0.318. The van der Waals surface area contributed by atoms with Crippen LogP contribution < -0.4 is 10.6 Å². The first-order valence-corrected chi connectivity index (χ1v) is 10.7. The maximum absolute atomic E-state index is 12.5. The predicted molar refractivity (Wildman–Crippen MR) is 119 cm³/mol. The lowest BCUT2D eigenvalue weighted by Gasteiger charge is -2.24. The van der Waals surface area contributed by atoms with E-state index in [1.165, 1.54) is 18.7 Å². The molecule has 1 aliphatic heterocycles. The number of aryl methyl sites for hydroxylation is 3. The molecule has 2 atom stereocenters. The van der Waals surface area contributed by atoms with Crippen molar-refractivity contribution in [2.45, 2.75) is 50.4 Å². The summed E-state index contributed by atoms with van der Waals surface area (Å²) in [6.07, 6.45) is -1.13. The molecule has 3 rings (SSSR count). The van der Waals surface area contributed by atoms with E-state index in [1.807, 2.05) is 32.9 Å². The highest BCUT2D eigenvalue weighted by Gasteiger charge is 2.31. The number of carbonyl (C=O) groups is 3. The zero-order valence-corrected chi connectivity index (χ0v) is 18.7. The van der Waals surface area contributed by atoms with E-state index >= 15 is 0 Å². The van der Waals surface area contributed by atoms with Crippen LogP contribution in [-0.2, 0) is 19.1 Å². The molecule has 2 N–H and O–H groups in total. The van der Waals surface area contributed by atoms with Gasteiger partial charge >= 0.3 is 5.97 Å². The molecule has 0 saturated heterocycles. The number of halogens is 1. The molecule has 8 heteroatoms. The molecule has 0 unspecified atom stereocenters. The van der Waals surface area contributed by atoms with Crippen LogP contribution in [0.2, 0.25) is 5.02 Å². The Morgan fingerprint density at radius 1 is 1.20 bits per heavy atom. The summed E-state index contributed by atoms with van der Waals surface area (Å²) in [6.45, 7) is 7.33. The van der Waals surface area contributed by atoms with E-state index < -0.39 is 23.2 Å². The molecule has 0 fully saturated rings. The number of rotatable bonds is 5. The van der Waals surface area contributed by atoms with Crippen LogP contribution in [0.5, 0.6) is 0 Å². The van der Waals surface area contributed by atoms with Gasteiger partial charge in [0.05, 0.1) is 17.4 Å². The minimum absolute atomic E-state index is 0.140. The Hall–Kier alpha value is -2.51. The zero-order valence-electron chi connectivity index (χ0n) is 17.2. The molecule has 0 saturated carbocycles. The van der Waals surface area contributed by atoms with Gasteiger partial charge in [-0.3, -0.25) is 14.4 Å². The summed E-state index contributed by atoms with van der Waals surface area (Å²) in [5, 5.41) is 5.46. The van der Waals surface area contributed by atoms with Gasteiger partial charge in [0.1, 0.15) is 0 Å². The van der Waals surface area contributed by atoms with Crippen molar-refractivity contribution in [2.75, 3.05) is 10.6 Å². The van der Waals surface area contributed by atoms with Crippen molar-refractivity contribution in [1.82, 2.24) is 0 Å². The molecule has 0 spiro atoms. The second kappa shape index (κ2) is 9.10. The summed E-state index contributed by atoms with van der Waals surface area (Å²) >= 11 is 7.22. The fourth-order valence-corrected chi connectivity index (χ4v) is 4.56. The molecule has 0 aliphatic carbocycles. The lowest BCUT2D eigenvalue weighted by molar-refractivity contribution is -0.153. The Kier molecular flexibility index (Phi) is 6.73. The molecule has 158 valence electrons. The second-order valence-electron chi connectivity index (χ2n) is 7.34. The number of carbonyl (C=O) groups excluding carboxylic acids is 3. The van der Waals surface area contributed by atoms with E-state index in [0.29, 0.717) is 16.4 Å². The van der Waals surface area contributed by atoms with Gasteiger partial charge in [0.2, 0.25) is 5.91 Å². The van der Waals surface area contributed by atoms with Gasteiger partial charge in [-0.15, -0.1) is 11.8 Å². The summed E-state index contributed by atoms with van der Waals surface area (Å²) in [6, 6.07) is 9.13. The highest BCUT2D eigenvalue weighted by atomic mass is 35.5. The second-order valence-corrected chi connectivity index (χ2v) is 9.02. The molecule has 1 heterocycles.